The Kier molecular flexibility index (Phi) is 8.15. The van der Waals surface area contributed by atoms with Crippen molar-refractivity contribution >= 4 is 6.09 Å². The van der Waals surface area contributed by atoms with Crippen molar-refractivity contribution in [2.75, 3.05) is 0 Å². The number of primary amides is 1. The van der Waals surface area contributed by atoms with Gasteiger partial charge in [-0.25, -0.2) is 4.79 Å². The van der Waals surface area contributed by atoms with Gasteiger partial charge in [-0.15, -0.1) is 0 Å². The molecule has 0 spiro atoms. The zero-order valence-corrected chi connectivity index (χ0v) is 9.40. The number of hydrogen-bond acceptors (Lipinski definition) is 2. The number of carbonyl (C=O) groups is 1. The van der Waals surface area contributed by atoms with Crippen molar-refractivity contribution < 1.29 is 9.53 Å². The molecule has 3 heteroatoms. The topological polar surface area (TPSA) is 52.3 Å². The van der Waals surface area contributed by atoms with Crippen molar-refractivity contribution in [3.8, 4) is 0 Å². The summed E-state index contributed by atoms with van der Waals surface area (Å²) in [6.45, 7) is 4.61. The van der Waals surface area contributed by atoms with E-state index in [-0.39, 0.29) is 6.61 Å². The predicted octanol–water partition coefficient (Wildman–Crippen LogP) is 3.09. The van der Waals surface area contributed by atoms with E-state index in [0.717, 1.165) is 5.56 Å². The third kappa shape index (κ3) is 8.81. The smallest absolute Gasteiger partial charge is 0.404 e. The monoisotopic (exact) mass is 209 g/mol. The second-order valence-electron chi connectivity index (χ2n) is 3.09. The van der Waals surface area contributed by atoms with E-state index in [1.807, 2.05) is 30.3 Å². The second-order valence-corrected chi connectivity index (χ2v) is 3.09. The Morgan fingerprint density at radius 1 is 1.20 bits per heavy atom. The highest BCUT2D eigenvalue weighted by Gasteiger charge is 1.93. The van der Waals surface area contributed by atoms with Gasteiger partial charge in [0.15, 0.2) is 0 Å². The van der Waals surface area contributed by atoms with Crippen molar-refractivity contribution in [1.29, 1.82) is 0 Å². The minimum atomic E-state index is -0.742. The van der Waals surface area contributed by atoms with Crippen molar-refractivity contribution in [3.63, 3.8) is 0 Å². The van der Waals surface area contributed by atoms with Gasteiger partial charge in [-0.1, -0.05) is 57.0 Å². The third-order valence-corrected chi connectivity index (χ3v) is 1.72. The first-order chi connectivity index (χ1) is 7.20. The molecule has 1 aromatic rings. The SMILES string of the molecule is CCCC.NC(=O)OCc1ccccc1. The Hall–Kier alpha value is -1.51. The average Bonchev–Trinajstić information content (AvgIpc) is 2.28. The molecule has 0 heterocycles. The van der Waals surface area contributed by atoms with Crippen LogP contribution in [0.4, 0.5) is 4.79 Å². The first-order valence-electron chi connectivity index (χ1n) is 5.16. The summed E-state index contributed by atoms with van der Waals surface area (Å²) in [5.74, 6) is 0. The summed E-state index contributed by atoms with van der Waals surface area (Å²) < 4.78 is 4.57. The number of benzene rings is 1. The van der Waals surface area contributed by atoms with E-state index in [1.165, 1.54) is 12.8 Å². The van der Waals surface area contributed by atoms with Crippen LogP contribution in [0.25, 0.3) is 0 Å². The van der Waals surface area contributed by atoms with E-state index in [4.69, 9.17) is 5.73 Å². The van der Waals surface area contributed by atoms with Crippen LogP contribution in [-0.2, 0) is 11.3 Å². The fraction of sp³-hybridized carbons (Fsp3) is 0.417. The van der Waals surface area contributed by atoms with E-state index in [0.29, 0.717) is 0 Å². The number of unbranched alkanes of at least 4 members (excludes halogenated alkanes) is 1. The minimum absolute atomic E-state index is 0.246. The molecule has 0 saturated carbocycles. The van der Waals surface area contributed by atoms with Crippen LogP contribution in [0.2, 0.25) is 0 Å². The molecule has 0 aliphatic rings. The molecule has 2 N–H and O–H groups in total. The lowest BCUT2D eigenvalue weighted by molar-refractivity contribution is 0.150. The summed E-state index contributed by atoms with van der Waals surface area (Å²) in [6, 6.07) is 9.37. The van der Waals surface area contributed by atoms with Crippen LogP contribution < -0.4 is 5.73 Å². The molecule has 0 aromatic heterocycles. The lowest BCUT2D eigenvalue weighted by Gasteiger charge is -1.99. The summed E-state index contributed by atoms with van der Waals surface area (Å²) in [5.41, 5.74) is 5.72. The maximum Gasteiger partial charge on any atom is 0.404 e. The number of carbonyl (C=O) groups excluding carboxylic acids is 1. The summed E-state index contributed by atoms with van der Waals surface area (Å²) in [5, 5.41) is 0. The van der Waals surface area contributed by atoms with E-state index in [1.54, 1.807) is 0 Å². The van der Waals surface area contributed by atoms with Gasteiger partial charge in [-0.05, 0) is 5.56 Å². The third-order valence-electron chi connectivity index (χ3n) is 1.72. The predicted molar refractivity (Wildman–Crippen MR) is 61.4 cm³/mol. The van der Waals surface area contributed by atoms with Crippen LogP contribution in [0.1, 0.15) is 32.3 Å². The molecular weight excluding hydrogens is 190 g/mol. The van der Waals surface area contributed by atoms with Crippen LogP contribution in [-0.4, -0.2) is 6.09 Å². The minimum Gasteiger partial charge on any atom is -0.445 e. The zero-order chi connectivity index (χ0) is 11.5. The molecule has 15 heavy (non-hydrogen) atoms. The highest BCUT2D eigenvalue weighted by Crippen LogP contribution is 1.99. The quantitative estimate of drug-likeness (QED) is 0.831. The van der Waals surface area contributed by atoms with Gasteiger partial charge in [0.05, 0.1) is 0 Å². The number of amides is 1. The van der Waals surface area contributed by atoms with Crippen LogP contribution in [0.5, 0.6) is 0 Å². The summed E-state index contributed by atoms with van der Waals surface area (Å²) in [4.78, 5) is 10.2. The molecule has 0 unspecified atom stereocenters. The molecule has 1 rings (SSSR count). The van der Waals surface area contributed by atoms with Crippen LogP contribution in [0, 0.1) is 0 Å². The van der Waals surface area contributed by atoms with E-state index in [9.17, 15) is 4.79 Å². The van der Waals surface area contributed by atoms with Gasteiger partial charge in [0.1, 0.15) is 6.61 Å². The molecular formula is C12H19NO2. The summed E-state index contributed by atoms with van der Waals surface area (Å²) >= 11 is 0. The van der Waals surface area contributed by atoms with Crippen LogP contribution >= 0.6 is 0 Å². The van der Waals surface area contributed by atoms with Crippen LogP contribution in [0.15, 0.2) is 30.3 Å². The normalized spacial score (nSPS) is 8.67. The molecule has 0 saturated heterocycles. The summed E-state index contributed by atoms with van der Waals surface area (Å²) in [7, 11) is 0. The van der Waals surface area contributed by atoms with Gasteiger partial charge in [0.25, 0.3) is 0 Å². The standard InChI is InChI=1S/C8H9NO2.C4H10/c9-8(10)11-6-7-4-2-1-3-5-7;1-3-4-2/h1-5H,6H2,(H2,9,10);3-4H2,1-2H3. The number of ether oxygens (including phenoxy) is 1. The Morgan fingerprint density at radius 3 is 2.13 bits per heavy atom. The van der Waals surface area contributed by atoms with Gasteiger partial charge < -0.3 is 10.5 Å². The maximum absolute atomic E-state index is 10.2. The molecule has 0 aliphatic heterocycles. The molecule has 1 aromatic carbocycles. The molecule has 0 bridgehead atoms. The molecule has 84 valence electrons. The van der Waals surface area contributed by atoms with Crippen LogP contribution in [0.3, 0.4) is 0 Å². The summed E-state index contributed by atoms with van der Waals surface area (Å²) in [6.07, 6.45) is 1.90. The lowest BCUT2D eigenvalue weighted by Crippen LogP contribution is -2.12. The van der Waals surface area contributed by atoms with E-state index < -0.39 is 6.09 Å². The fourth-order valence-corrected chi connectivity index (χ4v) is 0.729. The van der Waals surface area contributed by atoms with Gasteiger partial charge in [-0.3, -0.25) is 0 Å². The van der Waals surface area contributed by atoms with E-state index in [2.05, 4.69) is 18.6 Å². The van der Waals surface area contributed by atoms with Gasteiger partial charge in [0.2, 0.25) is 0 Å². The van der Waals surface area contributed by atoms with Gasteiger partial charge >= 0.3 is 6.09 Å². The Bertz CT molecular complexity index is 258. The number of hydrogen-bond donors (Lipinski definition) is 1. The zero-order valence-electron chi connectivity index (χ0n) is 9.40. The highest BCUT2D eigenvalue weighted by atomic mass is 16.5. The number of rotatable bonds is 3. The van der Waals surface area contributed by atoms with Crippen molar-refractivity contribution in [1.82, 2.24) is 0 Å². The van der Waals surface area contributed by atoms with Crippen molar-refractivity contribution in [2.45, 2.75) is 33.3 Å². The lowest BCUT2D eigenvalue weighted by atomic mass is 10.2. The largest absolute Gasteiger partial charge is 0.445 e. The second kappa shape index (κ2) is 9.06. The van der Waals surface area contributed by atoms with E-state index >= 15 is 0 Å². The van der Waals surface area contributed by atoms with Gasteiger partial charge in [-0.2, -0.15) is 0 Å². The highest BCUT2D eigenvalue weighted by molar-refractivity contribution is 5.64. The fourth-order valence-electron chi connectivity index (χ4n) is 0.729. The Balaban J connectivity index is 0.000000423. The average molecular weight is 209 g/mol. The molecule has 0 fully saturated rings. The molecule has 0 atom stereocenters. The molecule has 3 nitrogen and oxygen atoms in total. The first kappa shape index (κ1) is 13.5. The van der Waals surface area contributed by atoms with Gasteiger partial charge in [0, 0.05) is 0 Å². The Labute approximate surface area is 91.2 Å². The Morgan fingerprint density at radius 2 is 1.73 bits per heavy atom. The first-order valence-corrected chi connectivity index (χ1v) is 5.16. The van der Waals surface area contributed by atoms with Crippen molar-refractivity contribution in [2.24, 2.45) is 5.73 Å². The molecule has 1 amide bonds. The van der Waals surface area contributed by atoms with Crippen molar-refractivity contribution in [3.05, 3.63) is 35.9 Å². The number of nitrogens with two attached hydrogens (primary N) is 1. The maximum atomic E-state index is 10.2. The molecule has 0 radical (unpaired) electrons. The molecule has 0 aliphatic carbocycles.